The van der Waals surface area contributed by atoms with E-state index < -0.39 is 0 Å². The number of thioether (sulfide) groups is 1. The molecule has 8 heteroatoms. The summed E-state index contributed by atoms with van der Waals surface area (Å²) >= 11 is 3.01. The minimum absolute atomic E-state index is 0.0761. The van der Waals surface area contributed by atoms with Gasteiger partial charge in [0.1, 0.15) is 17.7 Å². The first-order valence-corrected chi connectivity index (χ1v) is 11.7. The normalized spacial score (nSPS) is 15.0. The van der Waals surface area contributed by atoms with Gasteiger partial charge in [-0.05, 0) is 29.6 Å². The number of nitrogens with one attached hydrogen (secondary N) is 1. The molecule has 0 aliphatic carbocycles. The Hall–Kier alpha value is -3.10. The van der Waals surface area contributed by atoms with Crippen LogP contribution in [0.15, 0.2) is 71.1 Å². The molecule has 5 rings (SSSR count). The summed E-state index contributed by atoms with van der Waals surface area (Å²) in [5.74, 6) is 2.30. The molecule has 1 atom stereocenters. The third-order valence-electron chi connectivity index (χ3n) is 4.74. The number of hydrogen-bond acceptors (Lipinski definition) is 7. The predicted molar refractivity (Wildman–Crippen MR) is 123 cm³/mol. The van der Waals surface area contributed by atoms with Gasteiger partial charge in [0.15, 0.2) is 17.3 Å². The SMILES string of the molecule is O=C(CSc1nc(-c2cccs2)nc2ccccc12)NCC1COc2ccccc2O1. The fourth-order valence-corrected chi connectivity index (χ4v) is 4.76. The van der Waals surface area contributed by atoms with Crippen molar-refractivity contribution in [2.75, 3.05) is 18.9 Å². The highest BCUT2D eigenvalue weighted by molar-refractivity contribution is 8.00. The van der Waals surface area contributed by atoms with Crippen molar-refractivity contribution in [1.82, 2.24) is 15.3 Å². The summed E-state index contributed by atoms with van der Waals surface area (Å²) < 4.78 is 11.6. The number of aromatic nitrogens is 2. The summed E-state index contributed by atoms with van der Waals surface area (Å²) in [6.45, 7) is 0.795. The maximum atomic E-state index is 12.5. The van der Waals surface area contributed by atoms with Crippen LogP contribution < -0.4 is 14.8 Å². The second-order valence-electron chi connectivity index (χ2n) is 6.94. The van der Waals surface area contributed by atoms with Gasteiger partial charge in [0.25, 0.3) is 0 Å². The molecule has 1 aliphatic heterocycles. The van der Waals surface area contributed by atoms with Gasteiger partial charge in [0.2, 0.25) is 5.91 Å². The fraction of sp³-hybridized carbons (Fsp3) is 0.174. The topological polar surface area (TPSA) is 73.3 Å². The van der Waals surface area contributed by atoms with E-state index in [1.54, 1.807) is 11.3 Å². The second kappa shape index (κ2) is 8.95. The highest BCUT2D eigenvalue weighted by Crippen LogP contribution is 2.31. The van der Waals surface area contributed by atoms with E-state index in [0.29, 0.717) is 24.7 Å². The Morgan fingerprint density at radius 2 is 1.90 bits per heavy atom. The molecule has 0 saturated carbocycles. The molecule has 2 aromatic heterocycles. The third-order valence-corrected chi connectivity index (χ3v) is 6.60. The van der Waals surface area contributed by atoms with Crippen molar-refractivity contribution in [3.05, 3.63) is 66.0 Å². The Bertz CT molecular complexity index is 1210. The summed E-state index contributed by atoms with van der Waals surface area (Å²) in [6.07, 6.45) is -0.214. The van der Waals surface area contributed by atoms with Gasteiger partial charge in [-0.25, -0.2) is 9.97 Å². The summed E-state index contributed by atoms with van der Waals surface area (Å²) in [5.41, 5.74) is 0.871. The van der Waals surface area contributed by atoms with Crippen molar-refractivity contribution < 1.29 is 14.3 Å². The first-order chi connectivity index (χ1) is 15.3. The maximum Gasteiger partial charge on any atom is 0.230 e. The number of nitrogens with zero attached hydrogens (tertiary/aromatic N) is 2. The van der Waals surface area contributed by atoms with Gasteiger partial charge in [-0.15, -0.1) is 11.3 Å². The highest BCUT2D eigenvalue weighted by atomic mass is 32.2. The monoisotopic (exact) mass is 449 g/mol. The largest absolute Gasteiger partial charge is 0.486 e. The summed E-state index contributed by atoms with van der Waals surface area (Å²) in [5, 5.41) is 6.69. The Labute approximate surface area is 187 Å². The number of fused-ring (bicyclic) bond motifs is 2. The van der Waals surface area contributed by atoms with Crippen LogP contribution >= 0.6 is 23.1 Å². The minimum atomic E-state index is -0.214. The first-order valence-electron chi connectivity index (χ1n) is 9.85. The molecular weight excluding hydrogens is 430 g/mol. The maximum absolute atomic E-state index is 12.5. The zero-order valence-corrected chi connectivity index (χ0v) is 18.1. The molecule has 0 saturated heterocycles. The van der Waals surface area contributed by atoms with Crippen molar-refractivity contribution in [3.63, 3.8) is 0 Å². The summed E-state index contributed by atoms with van der Waals surface area (Å²) in [4.78, 5) is 22.9. The summed E-state index contributed by atoms with van der Waals surface area (Å²) in [7, 11) is 0. The molecule has 31 heavy (non-hydrogen) atoms. The molecular formula is C23H19N3O3S2. The van der Waals surface area contributed by atoms with Crippen LogP contribution in [0.25, 0.3) is 21.6 Å². The standard InChI is InChI=1S/C23H19N3O3S2/c27-21(24-12-15-13-28-18-8-3-4-9-19(18)29-15)14-31-23-16-6-1-2-7-17(16)25-22(26-23)20-10-5-11-30-20/h1-11,15H,12-14H2,(H,24,27). The predicted octanol–water partition coefficient (Wildman–Crippen LogP) is 4.41. The quantitative estimate of drug-likeness (QED) is 0.347. The minimum Gasteiger partial charge on any atom is -0.486 e. The van der Waals surface area contributed by atoms with Crippen LogP contribution in [0.4, 0.5) is 0 Å². The molecule has 0 spiro atoms. The summed E-state index contributed by atoms with van der Waals surface area (Å²) in [6, 6.07) is 19.4. The van der Waals surface area contributed by atoms with Crippen molar-refractivity contribution in [2.45, 2.75) is 11.1 Å². The highest BCUT2D eigenvalue weighted by Gasteiger charge is 2.21. The number of para-hydroxylation sites is 3. The van der Waals surface area contributed by atoms with Crippen LogP contribution in [0, 0.1) is 0 Å². The van der Waals surface area contributed by atoms with Gasteiger partial charge >= 0.3 is 0 Å². The zero-order valence-electron chi connectivity index (χ0n) is 16.5. The van der Waals surface area contributed by atoms with E-state index in [1.165, 1.54) is 11.8 Å². The molecule has 4 aromatic rings. The Morgan fingerprint density at radius 3 is 2.77 bits per heavy atom. The number of carbonyl (C=O) groups excluding carboxylic acids is 1. The Balaban J connectivity index is 1.23. The lowest BCUT2D eigenvalue weighted by Gasteiger charge is -2.26. The van der Waals surface area contributed by atoms with Crippen molar-refractivity contribution in [2.24, 2.45) is 0 Å². The van der Waals surface area contributed by atoms with E-state index in [-0.39, 0.29) is 17.8 Å². The van der Waals surface area contributed by atoms with Crippen LogP contribution in [-0.4, -0.2) is 40.9 Å². The molecule has 1 amide bonds. The lowest BCUT2D eigenvalue weighted by atomic mass is 10.2. The number of amides is 1. The molecule has 1 unspecified atom stereocenters. The van der Waals surface area contributed by atoms with E-state index in [0.717, 1.165) is 26.6 Å². The smallest absolute Gasteiger partial charge is 0.230 e. The third kappa shape index (κ3) is 4.50. The van der Waals surface area contributed by atoms with Crippen LogP contribution in [0.2, 0.25) is 0 Å². The van der Waals surface area contributed by atoms with E-state index in [2.05, 4.69) is 10.3 Å². The van der Waals surface area contributed by atoms with Crippen LogP contribution in [0.5, 0.6) is 11.5 Å². The lowest BCUT2D eigenvalue weighted by Crippen LogP contribution is -2.41. The Kier molecular flexibility index (Phi) is 5.73. The molecule has 1 aliphatic rings. The number of ether oxygens (including phenoxy) is 2. The average molecular weight is 450 g/mol. The number of benzene rings is 2. The van der Waals surface area contributed by atoms with E-state index in [1.807, 2.05) is 66.0 Å². The number of thiophene rings is 1. The lowest BCUT2D eigenvalue weighted by molar-refractivity contribution is -0.119. The van der Waals surface area contributed by atoms with Crippen LogP contribution in [0.3, 0.4) is 0 Å². The van der Waals surface area contributed by atoms with Gasteiger partial charge < -0.3 is 14.8 Å². The zero-order chi connectivity index (χ0) is 21.0. The number of hydrogen-bond donors (Lipinski definition) is 1. The van der Waals surface area contributed by atoms with E-state index in [4.69, 9.17) is 14.5 Å². The molecule has 2 aromatic carbocycles. The van der Waals surface area contributed by atoms with Gasteiger partial charge in [-0.3, -0.25) is 4.79 Å². The van der Waals surface area contributed by atoms with Gasteiger partial charge in [0.05, 0.1) is 22.7 Å². The first kappa shape index (κ1) is 19.8. The van der Waals surface area contributed by atoms with Crippen LogP contribution in [0.1, 0.15) is 0 Å². The number of carbonyl (C=O) groups is 1. The second-order valence-corrected chi connectivity index (χ2v) is 8.85. The van der Waals surface area contributed by atoms with Crippen molar-refractivity contribution >= 4 is 39.9 Å². The molecule has 0 fully saturated rings. The molecule has 0 radical (unpaired) electrons. The molecule has 0 bridgehead atoms. The van der Waals surface area contributed by atoms with Crippen molar-refractivity contribution in [3.8, 4) is 22.2 Å². The van der Waals surface area contributed by atoms with Gasteiger partial charge in [-0.2, -0.15) is 0 Å². The molecule has 156 valence electrons. The molecule has 1 N–H and O–H groups in total. The molecule has 3 heterocycles. The van der Waals surface area contributed by atoms with E-state index >= 15 is 0 Å². The Morgan fingerprint density at radius 1 is 1.06 bits per heavy atom. The number of rotatable bonds is 6. The average Bonchev–Trinajstić information content (AvgIpc) is 3.36. The molecule has 6 nitrogen and oxygen atoms in total. The van der Waals surface area contributed by atoms with E-state index in [9.17, 15) is 4.79 Å². The fourth-order valence-electron chi connectivity index (χ4n) is 3.25. The van der Waals surface area contributed by atoms with Gasteiger partial charge in [-0.1, -0.05) is 48.2 Å². The van der Waals surface area contributed by atoms with Gasteiger partial charge in [0, 0.05) is 5.39 Å². The van der Waals surface area contributed by atoms with Crippen molar-refractivity contribution in [1.29, 1.82) is 0 Å². The van der Waals surface area contributed by atoms with Crippen LogP contribution in [-0.2, 0) is 4.79 Å².